The Morgan fingerprint density at radius 3 is 0.381 bits per heavy atom. The van der Waals surface area contributed by atoms with E-state index in [1.807, 2.05) is 0 Å². The van der Waals surface area contributed by atoms with Crippen LogP contribution in [0, 0.1) is 0 Å². The second-order valence-corrected chi connectivity index (χ2v) is 5.25. The number of hydrogen-bond donors (Lipinski definition) is 7. The van der Waals surface area contributed by atoms with E-state index in [1.165, 1.54) is 13.1 Å². The molecule has 7 heteroatoms. The molecule has 0 spiro atoms. The van der Waals surface area contributed by atoms with Gasteiger partial charge in [-0.15, -0.1) is 0 Å². The molecule has 0 atom stereocenters. The van der Waals surface area contributed by atoms with Crippen LogP contribution in [0.25, 0.3) is 0 Å². The van der Waals surface area contributed by atoms with Gasteiger partial charge in [-0.1, -0.05) is 0 Å². The molecule has 0 aromatic carbocycles. The highest BCUT2D eigenvalue weighted by Gasteiger charge is 1.93. The van der Waals surface area contributed by atoms with E-state index >= 15 is 0 Å². The first-order chi connectivity index (χ1) is 10.5. The predicted molar refractivity (Wildman–Crippen MR) is 90.1 cm³/mol. The lowest BCUT2D eigenvalue weighted by Crippen LogP contribution is -2.39. The monoisotopic (exact) mass is 301 g/mol. The molecular weight excluding hydrogens is 266 g/mol. The van der Waals surface area contributed by atoms with Crippen LogP contribution >= 0.6 is 0 Å². The van der Waals surface area contributed by atoms with E-state index in [4.69, 9.17) is 0 Å². The second-order valence-electron chi connectivity index (χ2n) is 5.25. The maximum atomic E-state index is 3.41. The fourth-order valence-corrected chi connectivity index (χ4v) is 1.81. The van der Waals surface area contributed by atoms with Crippen molar-refractivity contribution in [2.45, 2.75) is 0 Å². The topological polar surface area (TPSA) is 94.1 Å². The highest BCUT2D eigenvalue weighted by atomic mass is 15.0. The largest absolute Gasteiger partial charge is 0.314 e. The molecule has 0 aromatic heterocycles. The maximum absolute atomic E-state index is 3.41. The molecule has 126 valence electrons. The first-order valence-electron chi connectivity index (χ1n) is 8.45. The average molecular weight is 301 g/mol. The van der Waals surface area contributed by atoms with Crippen molar-refractivity contribution < 1.29 is 0 Å². The van der Waals surface area contributed by atoms with E-state index in [2.05, 4.69) is 37.2 Å². The summed E-state index contributed by atoms with van der Waals surface area (Å²) in [5.74, 6) is 0. The van der Waals surface area contributed by atoms with E-state index in [0.29, 0.717) is 0 Å². The van der Waals surface area contributed by atoms with Gasteiger partial charge in [-0.3, -0.25) is 0 Å². The lowest BCUT2D eigenvalue weighted by Gasteiger charge is -2.11. The highest BCUT2D eigenvalue weighted by Crippen LogP contribution is 1.66. The van der Waals surface area contributed by atoms with E-state index in [0.717, 1.165) is 78.5 Å². The second kappa shape index (κ2) is 16.1. The minimum atomic E-state index is 1.04. The molecule has 0 radical (unpaired) electrons. The van der Waals surface area contributed by atoms with Gasteiger partial charge in [-0.05, 0) is 0 Å². The van der Waals surface area contributed by atoms with Gasteiger partial charge in [0.2, 0.25) is 0 Å². The predicted octanol–water partition coefficient (Wildman–Crippen LogP) is -2.87. The number of hydrogen-bond acceptors (Lipinski definition) is 7. The fourth-order valence-electron chi connectivity index (χ4n) is 1.81. The van der Waals surface area contributed by atoms with Crippen molar-refractivity contribution in [2.75, 3.05) is 91.6 Å². The minimum absolute atomic E-state index is 1.04. The van der Waals surface area contributed by atoms with E-state index in [9.17, 15) is 0 Å². The molecule has 2 aliphatic rings. The van der Waals surface area contributed by atoms with Gasteiger partial charge in [0.05, 0.1) is 0 Å². The summed E-state index contributed by atoms with van der Waals surface area (Å²) in [6.07, 6.45) is 0. The van der Waals surface area contributed by atoms with Gasteiger partial charge in [-0.25, -0.2) is 0 Å². The Labute approximate surface area is 129 Å². The zero-order chi connectivity index (χ0) is 14.8. The van der Waals surface area contributed by atoms with Crippen LogP contribution in [0.1, 0.15) is 0 Å². The summed E-state index contributed by atoms with van der Waals surface area (Å²) < 4.78 is 0. The smallest absolute Gasteiger partial charge is 0.00772 e. The molecule has 0 aromatic rings. The van der Waals surface area contributed by atoms with Crippen LogP contribution in [-0.2, 0) is 0 Å². The Balaban J connectivity index is 0.000000647. The van der Waals surface area contributed by atoms with Crippen molar-refractivity contribution in [1.29, 1.82) is 0 Å². The molecular formula is C14H35N7. The molecule has 0 bridgehead atoms. The first-order valence-corrected chi connectivity index (χ1v) is 8.45. The molecule has 21 heavy (non-hydrogen) atoms. The fraction of sp³-hybridized carbons (Fsp3) is 1.00. The molecule has 7 N–H and O–H groups in total. The molecule has 0 aliphatic carbocycles. The number of rotatable bonds is 0. The van der Waals surface area contributed by atoms with Gasteiger partial charge in [-0.2, -0.15) is 0 Å². The molecule has 2 aliphatic heterocycles. The minimum Gasteiger partial charge on any atom is -0.314 e. The third-order valence-electron chi connectivity index (χ3n) is 3.12. The van der Waals surface area contributed by atoms with Crippen LogP contribution in [0.15, 0.2) is 0 Å². The highest BCUT2D eigenvalue weighted by molar-refractivity contribution is 4.60. The zero-order valence-corrected chi connectivity index (χ0v) is 13.4. The Morgan fingerprint density at radius 1 is 0.190 bits per heavy atom. The summed E-state index contributed by atoms with van der Waals surface area (Å²) in [4.78, 5) is 0. The van der Waals surface area contributed by atoms with Gasteiger partial charge in [0.15, 0.2) is 0 Å². The van der Waals surface area contributed by atoms with Gasteiger partial charge in [0.25, 0.3) is 0 Å². The van der Waals surface area contributed by atoms with Gasteiger partial charge >= 0.3 is 0 Å². The molecule has 2 fully saturated rings. The van der Waals surface area contributed by atoms with E-state index < -0.39 is 0 Å². The normalized spacial score (nSPS) is 24.0. The van der Waals surface area contributed by atoms with Gasteiger partial charge in [0.1, 0.15) is 0 Å². The zero-order valence-electron chi connectivity index (χ0n) is 13.4. The Morgan fingerprint density at radius 2 is 0.286 bits per heavy atom. The molecule has 2 rings (SSSR count). The summed E-state index contributed by atoms with van der Waals surface area (Å²) in [6.45, 7) is 15.0. The van der Waals surface area contributed by atoms with Crippen LogP contribution in [-0.4, -0.2) is 91.6 Å². The molecule has 0 unspecified atom stereocenters. The lowest BCUT2D eigenvalue weighted by atomic mass is 10.4. The molecule has 0 saturated carbocycles. The lowest BCUT2D eigenvalue weighted by molar-refractivity contribution is 0.534. The van der Waals surface area contributed by atoms with Crippen molar-refractivity contribution in [3.63, 3.8) is 0 Å². The first kappa shape index (κ1) is 18.8. The quantitative estimate of drug-likeness (QED) is 0.242. The van der Waals surface area contributed by atoms with Crippen molar-refractivity contribution in [3.05, 3.63) is 0 Å². The summed E-state index contributed by atoms with van der Waals surface area (Å²) >= 11 is 0. The standard InChI is InChI=1S/C12H30N6.C2H5N/c1-2-14-5-6-16-9-10-18-12-11-17-8-7-15-4-3-13-1;1-2-3-1/h13-18H,1-12H2;3H,1-2H2. The Kier molecular flexibility index (Phi) is 14.4. The molecule has 7 nitrogen and oxygen atoms in total. The number of nitrogens with one attached hydrogen (secondary N) is 7. The van der Waals surface area contributed by atoms with Crippen LogP contribution < -0.4 is 37.2 Å². The van der Waals surface area contributed by atoms with Crippen molar-refractivity contribution in [2.24, 2.45) is 0 Å². The SMILES string of the molecule is C1CN1.C1CNCCNCCNCCNCCNCCN1. The molecule has 0 amide bonds. The van der Waals surface area contributed by atoms with Crippen LogP contribution in [0.3, 0.4) is 0 Å². The summed E-state index contributed by atoms with van der Waals surface area (Å²) in [6, 6.07) is 0. The van der Waals surface area contributed by atoms with Gasteiger partial charge in [0, 0.05) is 91.6 Å². The van der Waals surface area contributed by atoms with Crippen molar-refractivity contribution in [1.82, 2.24) is 37.2 Å². The van der Waals surface area contributed by atoms with E-state index in [-0.39, 0.29) is 0 Å². The Bertz CT molecular complexity index is 124. The summed E-state index contributed by atoms with van der Waals surface area (Å²) in [5, 5.41) is 23.5. The van der Waals surface area contributed by atoms with Crippen LogP contribution in [0.5, 0.6) is 0 Å². The Hall–Kier alpha value is -0.280. The third-order valence-corrected chi connectivity index (χ3v) is 3.12. The van der Waals surface area contributed by atoms with Crippen LogP contribution in [0.4, 0.5) is 0 Å². The maximum Gasteiger partial charge on any atom is 0.00772 e. The average Bonchev–Trinajstić information content (AvgIpc) is 3.36. The van der Waals surface area contributed by atoms with Crippen LogP contribution in [0.2, 0.25) is 0 Å². The van der Waals surface area contributed by atoms with Crippen molar-refractivity contribution in [3.8, 4) is 0 Å². The van der Waals surface area contributed by atoms with E-state index in [1.54, 1.807) is 0 Å². The van der Waals surface area contributed by atoms with Crippen molar-refractivity contribution >= 4 is 0 Å². The molecule has 2 heterocycles. The summed E-state index contributed by atoms with van der Waals surface area (Å²) in [5.41, 5.74) is 0. The summed E-state index contributed by atoms with van der Waals surface area (Å²) in [7, 11) is 0. The molecule has 2 saturated heterocycles. The third kappa shape index (κ3) is 17.7. The van der Waals surface area contributed by atoms with Gasteiger partial charge < -0.3 is 37.2 Å².